The van der Waals surface area contributed by atoms with Gasteiger partial charge in [-0.25, -0.2) is 19.4 Å². The number of hydrogen-bond acceptors (Lipinski definition) is 10. The molecule has 0 unspecified atom stereocenters. The molecule has 202 valence electrons. The molecule has 1 fully saturated rings. The Kier molecular flexibility index (Phi) is 5.61. The molecule has 4 aromatic heterocycles. The number of rotatable bonds is 5. The van der Waals surface area contributed by atoms with Crippen LogP contribution in [0.5, 0.6) is 0 Å². The zero-order chi connectivity index (χ0) is 27.4. The SMILES string of the molecule is Cc1cc(C)c2oc(Nc3ccc(-c4nn(C5CCC(c6noc(=O)[nH]6)CC5)c5ncnc(N)c45)cc3)nc2c1. The van der Waals surface area contributed by atoms with Crippen molar-refractivity contribution in [2.24, 2.45) is 0 Å². The van der Waals surface area contributed by atoms with Gasteiger partial charge >= 0.3 is 5.76 Å². The highest BCUT2D eigenvalue weighted by Gasteiger charge is 2.29. The maximum absolute atomic E-state index is 11.4. The molecule has 0 spiro atoms. The summed E-state index contributed by atoms with van der Waals surface area (Å²) in [5, 5.41) is 12.9. The summed E-state index contributed by atoms with van der Waals surface area (Å²) < 4.78 is 12.6. The Bertz CT molecular complexity index is 1910. The average Bonchev–Trinajstić information content (AvgIpc) is 3.67. The molecule has 2 aromatic carbocycles. The van der Waals surface area contributed by atoms with E-state index in [1.54, 1.807) is 0 Å². The van der Waals surface area contributed by atoms with Crippen molar-refractivity contribution in [3.05, 3.63) is 70.2 Å². The van der Waals surface area contributed by atoms with Crippen molar-refractivity contribution in [1.29, 1.82) is 0 Å². The molecule has 4 N–H and O–H groups in total. The number of anilines is 3. The molecule has 12 nitrogen and oxygen atoms in total. The number of aryl methyl sites for hydroxylation is 2. The molecule has 0 bridgehead atoms. The zero-order valence-electron chi connectivity index (χ0n) is 22.0. The van der Waals surface area contributed by atoms with E-state index >= 15 is 0 Å². The lowest BCUT2D eigenvalue weighted by atomic mass is 9.85. The summed E-state index contributed by atoms with van der Waals surface area (Å²) >= 11 is 0. The minimum Gasteiger partial charge on any atom is -0.423 e. The topological polar surface area (TPSA) is 167 Å². The second-order valence-electron chi connectivity index (χ2n) is 10.4. The largest absolute Gasteiger partial charge is 0.438 e. The molecular formula is C28H27N9O3. The first-order chi connectivity index (χ1) is 19.4. The summed E-state index contributed by atoms with van der Waals surface area (Å²) in [6.07, 6.45) is 4.87. The van der Waals surface area contributed by atoms with Crippen molar-refractivity contribution in [1.82, 2.24) is 34.9 Å². The number of oxazole rings is 1. The predicted molar refractivity (Wildman–Crippen MR) is 149 cm³/mol. The summed E-state index contributed by atoms with van der Waals surface area (Å²) in [4.78, 5) is 27.4. The Morgan fingerprint density at radius 2 is 1.88 bits per heavy atom. The first-order valence-electron chi connectivity index (χ1n) is 13.2. The molecule has 0 aliphatic heterocycles. The molecule has 0 atom stereocenters. The fourth-order valence-corrected chi connectivity index (χ4v) is 5.73. The second kappa shape index (κ2) is 9.33. The number of nitrogen functional groups attached to an aromatic ring is 1. The first kappa shape index (κ1) is 24.1. The lowest BCUT2D eigenvalue weighted by Gasteiger charge is -2.27. The van der Waals surface area contributed by atoms with Crippen LogP contribution >= 0.6 is 0 Å². The van der Waals surface area contributed by atoms with Crippen molar-refractivity contribution in [3.8, 4) is 11.3 Å². The Balaban J connectivity index is 1.16. The number of nitrogens with zero attached hydrogens (tertiary/aromatic N) is 6. The van der Waals surface area contributed by atoms with Crippen LogP contribution in [0.15, 0.2) is 56.5 Å². The number of aromatic amines is 1. The molecule has 0 saturated heterocycles. The molecule has 6 aromatic rings. The van der Waals surface area contributed by atoms with E-state index in [-0.39, 0.29) is 12.0 Å². The van der Waals surface area contributed by atoms with Crippen LogP contribution in [-0.4, -0.2) is 34.9 Å². The Morgan fingerprint density at radius 1 is 1.07 bits per heavy atom. The van der Waals surface area contributed by atoms with E-state index in [0.717, 1.165) is 70.2 Å². The van der Waals surface area contributed by atoms with Crippen LogP contribution < -0.4 is 16.8 Å². The predicted octanol–water partition coefficient (Wildman–Crippen LogP) is 5.15. The van der Waals surface area contributed by atoms with Gasteiger partial charge in [0, 0.05) is 17.2 Å². The molecule has 1 aliphatic carbocycles. The van der Waals surface area contributed by atoms with E-state index in [1.807, 2.05) is 48.9 Å². The summed E-state index contributed by atoms with van der Waals surface area (Å²) in [5.41, 5.74) is 13.3. The zero-order valence-corrected chi connectivity index (χ0v) is 22.0. The summed E-state index contributed by atoms with van der Waals surface area (Å²) in [6.45, 7) is 4.06. The number of fused-ring (bicyclic) bond motifs is 2. The van der Waals surface area contributed by atoms with Crippen LogP contribution in [0, 0.1) is 13.8 Å². The molecular weight excluding hydrogens is 510 g/mol. The minimum absolute atomic E-state index is 0.132. The van der Waals surface area contributed by atoms with Gasteiger partial charge in [0.25, 0.3) is 6.01 Å². The third-order valence-electron chi connectivity index (χ3n) is 7.63. The number of aromatic nitrogens is 7. The molecule has 1 saturated carbocycles. The first-order valence-corrected chi connectivity index (χ1v) is 13.2. The average molecular weight is 538 g/mol. The molecule has 40 heavy (non-hydrogen) atoms. The van der Waals surface area contributed by atoms with Gasteiger partial charge in [0.15, 0.2) is 17.1 Å². The lowest BCUT2D eigenvalue weighted by molar-refractivity contribution is 0.296. The van der Waals surface area contributed by atoms with Crippen molar-refractivity contribution < 1.29 is 8.94 Å². The molecule has 0 radical (unpaired) electrons. The summed E-state index contributed by atoms with van der Waals surface area (Å²) in [5.74, 6) is 0.627. The van der Waals surface area contributed by atoms with Gasteiger partial charge in [-0.05, 0) is 68.9 Å². The highest BCUT2D eigenvalue weighted by Crippen LogP contribution is 2.40. The monoisotopic (exact) mass is 537 g/mol. The number of benzene rings is 2. The van der Waals surface area contributed by atoms with Crippen molar-refractivity contribution in [3.63, 3.8) is 0 Å². The number of H-pyrrole nitrogens is 1. The van der Waals surface area contributed by atoms with Gasteiger partial charge in [0.2, 0.25) is 0 Å². The van der Waals surface area contributed by atoms with Crippen LogP contribution in [0.2, 0.25) is 0 Å². The fraction of sp³-hybridized carbons (Fsp3) is 0.286. The van der Waals surface area contributed by atoms with Crippen molar-refractivity contribution in [2.45, 2.75) is 51.5 Å². The highest BCUT2D eigenvalue weighted by molar-refractivity contribution is 5.98. The second-order valence-corrected chi connectivity index (χ2v) is 10.4. The normalized spacial score (nSPS) is 17.6. The Labute approximate surface area is 227 Å². The van der Waals surface area contributed by atoms with E-state index in [9.17, 15) is 4.79 Å². The fourth-order valence-electron chi connectivity index (χ4n) is 5.73. The van der Waals surface area contributed by atoms with Gasteiger partial charge in [-0.2, -0.15) is 10.1 Å². The summed E-state index contributed by atoms with van der Waals surface area (Å²) in [7, 11) is 0. The molecule has 1 aliphatic rings. The third-order valence-corrected chi connectivity index (χ3v) is 7.63. The van der Waals surface area contributed by atoms with Crippen LogP contribution in [-0.2, 0) is 0 Å². The van der Waals surface area contributed by atoms with E-state index in [0.29, 0.717) is 23.3 Å². The van der Waals surface area contributed by atoms with Gasteiger partial charge in [0.1, 0.15) is 23.4 Å². The number of nitrogens with one attached hydrogen (secondary N) is 2. The quantitative estimate of drug-likeness (QED) is 0.267. The summed E-state index contributed by atoms with van der Waals surface area (Å²) in [6, 6.07) is 12.5. The third kappa shape index (κ3) is 4.17. The van der Waals surface area contributed by atoms with Crippen LogP contribution in [0.1, 0.15) is 54.6 Å². The minimum atomic E-state index is -0.521. The van der Waals surface area contributed by atoms with Crippen LogP contribution in [0.3, 0.4) is 0 Å². The number of hydrogen-bond donors (Lipinski definition) is 3. The maximum atomic E-state index is 11.4. The van der Waals surface area contributed by atoms with Crippen LogP contribution in [0.25, 0.3) is 33.4 Å². The van der Waals surface area contributed by atoms with Gasteiger partial charge in [-0.1, -0.05) is 23.4 Å². The number of nitrogens with two attached hydrogens (primary N) is 1. The van der Waals surface area contributed by atoms with E-state index in [4.69, 9.17) is 19.8 Å². The van der Waals surface area contributed by atoms with Gasteiger partial charge < -0.3 is 15.5 Å². The Hall–Kier alpha value is -5.00. The standard InChI is InChI=1S/C28H27N9O3/c1-14-11-15(2)23-20(12-14)33-27(39-23)32-18-7-3-16(4-8-18)22-21-24(29)30-13-31-26(21)37(35-22)19-9-5-17(6-10-19)25-34-28(38)40-36-25/h3-4,7-8,11-13,17,19H,5-6,9-10H2,1-2H3,(H,32,33)(H2,29,30,31)(H,34,36,38). The van der Waals surface area contributed by atoms with Crippen molar-refractivity contribution in [2.75, 3.05) is 11.1 Å². The molecule has 7 rings (SSSR count). The van der Waals surface area contributed by atoms with Gasteiger partial charge in [0.05, 0.1) is 11.4 Å². The van der Waals surface area contributed by atoms with Gasteiger partial charge in [-0.3, -0.25) is 9.51 Å². The molecule has 4 heterocycles. The lowest BCUT2D eigenvalue weighted by Crippen LogP contribution is -2.19. The maximum Gasteiger partial charge on any atom is 0.438 e. The van der Waals surface area contributed by atoms with Crippen LogP contribution in [0.4, 0.5) is 17.5 Å². The molecule has 12 heteroatoms. The molecule has 0 amide bonds. The smallest absolute Gasteiger partial charge is 0.423 e. The van der Waals surface area contributed by atoms with Crippen molar-refractivity contribution >= 4 is 39.7 Å². The van der Waals surface area contributed by atoms with E-state index in [2.05, 4.69) is 36.5 Å². The van der Waals surface area contributed by atoms with Gasteiger partial charge in [-0.15, -0.1) is 0 Å². The van der Waals surface area contributed by atoms with E-state index < -0.39 is 5.76 Å². The van der Waals surface area contributed by atoms with E-state index in [1.165, 1.54) is 6.33 Å². The Morgan fingerprint density at radius 3 is 2.62 bits per heavy atom. The highest BCUT2D eigenvalue weighted by atomic mass is 16.5.